The Morgan fingerprint density at radius 3 is 2.30 bits per heavy atom. The molecular weight excluding hydrogens is 562 g/mol. The number of hydrogen-bond acceptors (Lipinski definition) is 5. The number of anilines is 2. The lowest BCUT2D eigenvalue weighted by Crippen LogP contribution is -2.38. The zero-order chi connectivity index (χ0) is 27.7. The van der Waals surface area contributed by atoms with E-state index in [1.54, 1.807) is 6.07 Å². The first-order valence-electron chi connectivity index (χ1n) is 13.7. The number of sulfone groups is 1. The summed E-state index contributed by atoms with van der Waals surface area (Å²) in [6.07, 6.45) is 3.55. The fourth-order valence-electron chi connectivity index (χ4n) is 5.98. The van der Waals surface area contributed by atoms with Gasteiger partial charge in [0.2, 0.25) is 0 Å². The molecule has 0 spiro atoms. The van der Waals surface area contributed by atoms with Crippen molar-refractivity contribution in [1.29, 1.82) is 0 Å². The number of amides is 1. The van der Waals surface area contributed by atoms with Gasteiger partial charge in [0.05, 0.1) is 24.0 Å². The Kier molecular flexibility index (Phi) is 7.93. The van der Waals surface area contributed by atoms with Crippen LogP contribution in [0.15, 0.2) is 83.9 Å². The molecule has 6 rings (SSSR count). The summed E-state index contributed by atoms with van der Waals surface area (Å²) in [7, 11) is -3.13. The first-order chi connectivity index (χ1) is 19.3. The van der Waals surface area contributed by atoms with Crippen LogP contribution in [0.5, 0.6) is 0 Å². The maximum atomic E-state index is 12.9. The van der Waals surface area contributed by atoms with Crippen LogP contribution in [0, 0.1) is 5.92 Å². The Morgan fingerprint density at radius 1 is 0.900 bits per heavy atom. The number of nitrogens with zero attached hydrogens (tertiary/aromatic N) is 3. The van der Waals surface area contributed by atoms with Crippen molar-refractivity contribution in [3.05, 3.63) is 95.0 Å². The normalized spacial score (nSPS) is 23.5. The number of thioether (sulfide) groups is 1. The second-order valence-corrected chi connectivity index (χ2v) is 14.6. The third-order valence-electron chi connectivity index (χ3n) is 8.06. The van der Waals surface area contributed by atoms with E-state index in [9.17, 15) is 13.2 Å². The summed E-state index contributed by atoms with van der Waals surface area (Å²) in [4.78, 5) is 21.8. The molecule has 3 fully saturated rings. The standard InChI is InChI=1S/C31H32ClN3O3S2/c32-27-9-5-4-8-24(27)19-30(36)33-31-35(28-20-40(37,38)21-29(28)39-31)26-12-10-25(11-13-26)34-16-14-23(15-17-34)18-22-6-2-1-3-7-22/h1-13,23,28-29H,14-21H2/t28-,29-/m0/s1. The number of carbonyl (C=O) groups is 1. The summed E-state index contributed by atoms with van der Waals surface area (Å²) in [5, 5.41) is 0.964. The van der Waals surface area contributed by atoms with Crippen LogP contribution in [0.3, 0.4) is 0 Å². The van der Waals surface area contributed by atoms with Crippen molar-refractivity contribution < 1.29 is 13.2 Å². The van der Waals surface area contributed by atoms with E-state index in [2.05, 4.69) is 52.4 Å². The van der Waals surface area contributed by atoms with Crippen molar-refractivity contribution in [3.8, 4) is 0 Å². The minimum Gasteiger partial charge on any atom is -0.372 e. The van der Waals surface area contributed by atoms with E-state index in [1.807, 2.05) is 35.2 Å². The lowest BCUT2D eigenvalue weighted by atomic mass is 9.90. The maximum Gasteiger partial charge on any atom is 0.252 e. The molecule has 0 N–H and O–H groups in total. The van der Waals surface area contributed by atoms with E-state index >= 15 is 0 Å². The average molecular weight is 594 g/mol. The van der Waals surface area contributed by atoms with Crippen molar-refractivity contribution in [2.24, 2.45) is 10.9 Å². The molecule has 3 heterocycles. The molecule has 0 bridgehead atoms. The second-order valence-electron chi connectivity index (χ2n) is 10.9. The molecule has 3 aromatic carbocycles. The zero-order valence-electron chi connectivity index (χ0n) is 22.2. The molecule has 0 saturated carbocycles. The number of hydrogen-bond donors (Lipinski definition) is 0. The van der Waals surface area contributed by atoms with Gasteiger partial charge < -0.3 is 9.80 Å². The third kappa shape index (κ3) is 6.09. The molecule has 1 amide bonds. The van der Waals surface area contributed by atoms with E-state index in [0.29, 0.717) is 16.1 Å². The van der Waals surface area contributed by atoms with E-state index in [1.165, 1.54) is 17.3 Å². The molecule has 40 heavy (non-hydrogen) atoms. The molecule has 2 atom stereocenters. The van der Waals surface area contributed by atoms with Crippen LogP contribution in [0.1, 0.15) is 24.0 Å². The molecule has 3 aliphatic rings. The Labute approximate surface area is 245 Å². The molecular formula is C31H32ClN3O3S2. The molecule has 3 saturated heterocycles. The number of rotatable bonds is 6. The van der Waals surface area contributed by atoms with Gasteiger partial charge in [0.25, 0.3) is 5.91 Å². The quantitative estimate of drug-likeness (QED) is 0.368. The van der Waals surface area contributed by atoms with Crippen molar-refractivity contribution >= 4 is 55.6 Å². The number of carbonyl (C=O) groups excluding carboxylic acids is 1. The van der Waals surface area contributed by atoms with Gasteiger partial charge in [0.15, 0.2) is 15.0 Å². The summed E-state index contributed by atoms with van der Waals surface area (Å²) in [6, 6.07) is 26.0. The fourth-order valence-corrected chi connectivity index (χ4v) is 10.1. The lowest BCUT2D eigenvalue weighted by molar-refractivity contribution is -0.117. The summed E-state index contributed by atoms with van der Waals surface area (Å²) in [5.41, 5.74) is 4.17. The molecule has 0 aliphatic carbocycles. The Balaban J connectivity index is 1.17. The van der Waals surface area contributed by atoms with Gasteiger partial charge >= 0.3 is 0 Å². The highest BCUT2D eigenvalue weighted by atomic mass is 35.5. The molecule has 6 nitrogen and oxygen atoms in total. The molecule has 3 aromatic rings. The smallest absolute Gasteiger partial charge is 0.252 e. The first kappa shape index (κ1) is 27.4. The maximum absolute atomic E-state index is 12.9. The molecule has 0 unspecified atom stereocenters. The van der Waals surface area contributed by atoms with Gasteiger partial charge in [-0.1, -0.05) is 71.9 Å². The molecule has 0 radical (unpaired) electrons. The van der Waals surface area contributed by atoms with Crippen LogP contribution in [-0.2, 0) is 27.5 Å². The van der Waals surface area contributed by atoms with Crippen LogP contribution < -0.4 is 9.80 Å². The molecule has 208 valence electrons. The summed E-state index contributed by atoms with van der Waals surface area (Å²) in [5.74, 6) is 0.576. The van der Waals surface area contributed by atoms with Gasteiger partial charge in [-0.3, -0.25) is 4.79 Å². The predicted octanol–water partition coefficient (Wildman–Crippen LogP) is 5.64. The number of amidine groups is 1. The molecule has 0 aromatic heterocycles. The van der Waals surface area contributed by atoms with Gasteiger partial charge in [0.1, 0.15) is 0 Å². The van der Waals surface area contributed by atoms with Crippen molar-refractivity contribution in [1.82, 2.24) is 0 Å². The minimum atomic E-state index is -3.13. The summed E-state index contributed by atoms with van der Waals surface area (Å²) >= 11 is 7.65. The van der Waals surface area contributed by atoms with Gasteiger partial charge in [-0.15, -0.1) is 0 Å². The highest BCUT2D eigenvalue weighted by molar-refractivity contribution is 8.16. The van der Waals surface area contributed by atoms with Crippen LogP contribution in [-0.4, -0.2) is 55.4 Å². The Morgan fingerprint density at radius 2 is 1.57 bits per heavy atom. The SMILES string of the molecule is O=C(Cc1ccccc1Cl)N=C1S[C@H]2CS(=O)(=O)C[C@@H]2N1c1ccc(N2CCC(Cc3ccccc3)CC2)cc1. The predicted molar refractivity (Wildman–Crippen MR) is 165 cm³/mol. The number of halogens is 1. The third-order valence-corrected chi connectivity index (χ3v) is 11.6. The lowest BCUT2D eigenvalue weighted by Gasteiger charge is -2.34. The topological polar surface area (TPSA) is 70.0 Å². The first-order valence-corrected chi connectivity index (χ1v) is 16.8. The van der Waals surface area contributed by atoms with E-state index in [4.69, 9.17) is 11.6 Å². The Hall–Kier alpha value is -2.81. The van der Waals surface area contributed by atoms with Crippen LogP contribution in [0.2, 0.25) is 5.02 Å². The van der Waals surface area contributed by atoms with Crippen LogP contribution in [0.4, 0.5) is 11.4 Å². The van der Waals surface area contributed by atoms with Crippen LogP contribution in [0.25, 0.3) is 0 Å². The zero-order valence-corrected chi connectivity index (χ0v) is 24.5. The summed E-state index contributed by atoms with van der Waals surface area (Å²) < 4.78 is 24.9. The number of benzene rings is 3. The van der Waals surface area contributed by atoms with Gasteiger partial charge in [0, 0.05) is 34.7 Å². The van der Waals surface area contributed by atoms with Crippen molar-refractivity contribution in [2.75, 3.05) is 34.4 Å². The number of piperidine rings is 1. The molecule has 3 aliphatic heterocycles. The largest absolute Gasteiger partial charge is 0.372 e. The summed E-state index contributed by atoms with van der Waals surface area (Å²) in [6.45, 7) is 2.03. The highest BCUT2D eigenvalue weighted by Crippen LogP contribution is 2.41. The van der Waals surface area contributed by atoms with Crippen molar-refractivity contribution in [3.63, 3.8) is 0 Å². The van der Waals surface area contributed by atoms with Gasteiger partial charge in [-0.25, -0.2) is 8.42 Å². The monoisotopic (exact) mass is 593 g/mol. The Bertz CT molecular complexity index is 1500. The van der Waals surface area contributed by atoms with Crippen molar-refractivity contribution in [2.45, 2.75) is 37.0 Å². The second kappa shape index (κ2) is 11.6. The number of fused-ring (bicyclic) bond motifs is 1. The van der Waals surface area contributed by atoms with E-state index < -0.39 is 9.84 Å². The number of aliphatic imine (C=N–C) groups is 1. The van der Waals surface area contributed by atoms with Gasteiger partial charge in [-0.2, -0.15) is 4.99 Å². The average Bonchev–Trinajstić information content (AvgIpc) is 3.41. The van der Waals surface area contributed by atoms with E-state index in [-0.39, 0.29) is 35.1 Å². The minimum absolute atomic E-state index is 0.0685. The highest BCUT2D eigenvalue weighted by Gasteiger charge is 2.49. The van der Waals surface area contributed by atoms with E-state index in [0.717, 1.165) is 49.3 Å². The fraction of sp³-hybridized carbons (Fsp3) is 0.355. The van der Waals surface area contributed by atoms with Gasteiger partial charge in [-0.05, 0) is 66.6 Å². The molecule has 9 heteroatoms. The van der Waals surface area contributed by atoms with Crippen LogP contribution >= 0.6 is 23.4 Å².